The largest absolute Gasteiger partial charge is 0.457 e. The van der Waals surface area contributed by atoms with Gasteiger partial charge in [0.15, 0.2) is 0 Å². The SMILES string of the molecule is CC(OC(=O)C(C)c1ccccc1)c1ccccc1Br. The molecule has 2 unspecified atom stereocenters. The summed E-state index contributed by atoms with van der Waals surface area (Å²) in [5, 5.41) is 0. The van der Waals surface area contributed by atoms with Crippen molar-refractivity contribution in [1.82, 2.24) is 0 Å². The van der Waals surface area contributed by atoms with E-state index >= 15 is 0 Å². The lowest BCUT2D eigenvalue weighted by atomic mass is 10.0. The summed E-state index contributed by atoms with van der Waals surface area (Å²) in [5.41, 5.74) is 1.94. The van der Waals surface area contributed by atoms with Gasteiger partial charge in [0.05, 0.1) is 5.92 Å². The minimum Gasteiger partial charge on any atom is -0.457 e. The van der Waals surface area contributed by atoms with Crippen molar-refractivity contribution in [3.8, 4) is 0 Å². The summed E-state index contributed by atoms with van der Waals surface area (Å²) in [6, 6.07) is 17.4. The zero-order chi connectivity index (χ0) is 14.5. The van der Waals surface area contributed by atoms with Crippen LogP contribution in [0.15, 0.2) is 59.1 Å². The van der Waals surface area contributed by atoms with Crippen molar-refractivity contribution in [3.05, 3.63) is 70.2 Å². The van der Waals surface area contributed by atoms with Gasteiger partial charge < -0.3 is 4.74 Å². The molecule has 0 radical (unpaired) electrons. The number of esters is 1. The van der Waals surface area contributed by atoms with E-state index in [9.17, 15) is 4.79 Å². The highest BCUT2D eigenvalue weighted by Gasteiger charge is 2.20. The Bertz CT molecular complexity index is 581. The van der Waals surface area contributed by atoms with Crippen LogP contribution in [0.3, 0.4) is 0 Å². The zero-order valence-corrected chi connectivity index (χ0v) is 13.1. The average Bonchev–Trinajstić information content (AvgIpc) is 2.47. The molecule has 0 aliphatic rings. The summed E-state index contributed by atoms with van der Waals surface area (Å²) in [4.78, 5) is 12.2. The Morgan fingerprint density at radius 1 is 1.00 bits per heavy atom. The number of benzene rings is 2. The fourth-order valence-corrected chi connectivity index (χ4v) is 2.63. The molecule has 0 heterocycles. The van der Waals surface area contributed by atoms with Gasteiger partial charge in [-0.05, 0) is 25.5 Å². The first-order valence-electron chi connectivity index (χ1n) is 6.59. The van der Waals surface area contributed by atoms with Gasteiger partial charge >= 0.3 is 5.97 Å². The van der Waals surface area contributed by atoms with E-state index in [1.54, 1.807) is 0 Å². The molecule has 0 fully saturated rings. The zero-order valence-electron chi connectivity index (χ0n) is 11.5. The summed E-state index contributed by atoms with van der Waals surface area (Å²) in [6.07, 6.45) is -0.274. The average molecular weight is 333 g/mol. The van der Waals surface area contributed by atoms with Crippen LogP contribution in [0.4, 0.5) is 0 Å². The molecule has 2 aromatic carbocycles. The Morgan fingerprint density at radius 3 is 2.25 bits per heavy atom. The van der Waals surface area contributed by atoms with Crippen molar-refractivity contribution >= 4 is 21.9 Å². The molecule has 0 saturated heterocycles. The number of ether oxygens (including phenoxy) is 1. The van der Waals surface area contributed by atoms with Gasteiger partial charge in [-0.2, -0.15) is 0 Å². The van der Waals surface area contributed by atoms with E-state index in [1.807, 2.05) is 68.4 Å². The summed E-state index contributed by atoms with van der Waals surface area (Å²) in [5.74, 6) is -0.472. The van der Waals surface area contributed by atoms with E-state index in [0.717, 1.165) is 15.6 Å². The molecule has 0 aliphatic heterocycles. The van der Waals surface area contributed by atoms with Crippen LogP contribution in [0.2, 0.25) is 0 Å². The third-order valence-corrected chi connectivity index (χ3v) is 4.01. The highest BCUT2D eigenvalue weighted by molar-refractivity contribution is 9.10. The van der Waals surface area contributed by atoms with Crippen LogP contribution in [-0.4, -0.2) is 5.97 Å². The van der Waals surface area contributed by atoms with Gasteiger partial charge in [0.1, 0.15) is 6.10 Å². The molecule has 2 aromatic rings. The lowest BCUT2D eigenvalue weighted by Crippen LogP contribution is -2.15. The van der Waals surface area contributed by atoms with Crippen LogP contribution in [0.1, 0.15) is 37.0 Å². The predicted molar refractivity (Wildman–Crippen MR) is 83.5 cm³/mol. The molecule has 2 rings (SSSR count). The normalized spacial score (nSPS) is 13.6. The molecular formula is C17H17BrO2. The minimum atomic E-state index is -0.274. The highest BCUT2D eigenvalue weighted by Crippen LogP contribution is 2.27. The van der Waals surface area contributed by atoms with E-state index < -0.39 is 0 Å². The van der Waals surface area contributed by atoms with E-state index in [1.165, 1.54) is 0 Å². The standard InChI is InChI=1S/C17H17BrO2/c1-12(14-8-4-3-5-9-14)17(19)20-13(2)15-10-6-7-11-16(15)18/h3-13H,1-2H3. The molecule has 104 valence electrons. The number of hydrogen-bond donors (Lipinski definition) is 0. The molecular weight excluding hydrogens is 316 g/mol. The predicted octanol–water partition coefficient (Wildman–Crippen LogP) is 4.86. The Kier molecular flexibility index (Phi) is 4.96. The van der Waals surface area contributed by atoms with E-state index in [2.05, 4.69) is 15.9 Å². The number of carbonyl (C=O) groups is 1. The molecule has 3 heteroatoms. The summed E-state index contributed by atoms with van der Waals surface area (Å²) in [7, 11) is 0. The van der Waals surface area contributed by atoms with Crippen LogP contribution >= 0.6 is 15.9 Å². The first kappa shape index (κ1) is 14.8. The molecule has 0 N–H and O–H groups in total. The van der Waals surface area contributed by atoms with Gasteiger partial charge in [0.2, 0.25) is 0 Å². The third kappa shape index (κ3) is 3.48. The van der Waals surface area contributed by atoms with Gasteiger partial charge in [0.25, 0.3) is 0 Å². The monoisotopic (exact) mass is 332 g/mol. The molecule has 0 amide bonds. The van der Waals surface area contributed by atoms with Gasteiger partial charge in [-0.1, -0.05) is 64.5 Å². The van der Waals surface area contributed by atoms with Gasteiger partial charge in [-0.3, -0.25) is 4.79 Å². The van der Waals surface area contributed by atoms with Crippen molar-refractivity contribution in [2.45, 2.75) is 25.9 Å². The third-order valence-electron chi connectivity index (χ3n) is 3.29. The maximum absolute atomic E-state index is 12.2. The van der Waals surface area contributed by atoms with Crippen LogP contribution < -0.4 is 0 Å². The second kappa shape index (κ2) is 6.71. The molecule has 0 saturated carbocycles. The van der Waals surface area contributed by atoms with E-state index in [4.69, 9.17) is 4.74 Å². The fourth-order valence-electron chi connectivity index (χ4n) is 2.02. The van der Waals surface area contributed by atoms with Crippen molar-refractivity contribution in [2.24, 2.45) is 0 Å². The van der Waals surface area contributed by atoms with Crippen molar-refractivity contribution in [1.29, 1.82) is 0 Å². The van der Waals surface area contributed by atoms with Crippen LogP contribution in [-0.2, 0) is 9.53 Å². The topological polar surface area (TPSA) is 26.3 Å². The summed E-state index contributed by atoms with van der Waals surface area (Å²) < 4.78 is 6.52. The van der Waals surface area contributed by atoms with Crippen molar-refractivity contribution < 1.29 is 9.53 Å². The number of carbonyl (C=O) groups excluding carboxylic acids is 1. The Hall–Kier alpha value is -1.61. The lowest BCUT2D eigenvalue weighted by molar-refractivity contribution is -0.150. The van der Waals surface area contributed by atoms with Gasteiger partial charge in [-0.25, -0.2) is 0 Å². The molecule has 0 bridgehead atoms. The molecule has 0 spiro atoms. The molecule has 2 nitrogen and oxygen atoms in total. The number of halogens is 1. The number of rotatable bonds is 4. The fraction of sp³-hybridized carbons (Fsp3) is 0.235. The summed E-state index contributed by atoms with van der Waals surface area (Å²) >= 11 is 3.48. The van der Waals surface area contributed by atoms with Gasteiger partial charge in [0, 0.05) is 10.0 Å². The van der Waals surface area contributed by atoms with Gasteiger partial charge in [-0.15, -0.1) is 0 Å². The minimum absolute atomic E-state index is 0.209. The Labute approximate surface area is 127 Å². The highest BCUT2D eigenvalue weighted by atomic mass is 79.9. The van der Waals surface area contributed by atoms with E-state index in [0.29, 0.717) is 0 Å². The van der Waals surface area contributed by atoms with Crippen LogP contribution in [0.25, 0.3) is 0 Å². The first-order valence-corrected chi connectivity index (χ1v) is 7.38. The molecule has 20 heavy (non-hydrogen) atoms. The van der Waals surface area contributed by atoms with Crippen molar-refractivity contribution in [2.75, 3.05) is 0 Å². The second-order valence-corrected chi connectivity index (χ2v) is 5.59. The van der Waals surface area contributed by atoms with Crippen LogP contribution in [0.5, 0.6) is 0 Å². The molecule has 0 aliphatic carbocycles. The van der Waals surface area contributed by atoms with Crippen molar-refractivity contribution in [3.63, 3.8) is 0 Å². The smallest absolute Gasteiger partial charge is 0.313 e. The quantitative estimate of drug-likeness (QED) is 0.747. The molecule has 2 atom stereocenters. The number of hydrogen-bond acceptors (Lipinski definition) is 2. The van der Waals surface area contributed by atoms with E-state index in [-0.39, 0.29) is 18.0 Å². The maximum atomic E-state index is 12.2. The Balaban J connectivity index is 2.07. The summed E-state index contributed by atoms with van der Waals surface area (Å²) in [6.45, 7) is 3.75. The molecule has 0 aromatic heterocycles. The Morgan fingerprint density at radius 2 is 1.60 bits per heavy atom. The van der Waals surface area contributed by atoms with Crippen LogP contribution in [0, 0.1) is 0 Å². The second-order valence-electron chi connectivity index (χ2n) is 4.73. The first-order chi connectivity index (χ1) is 9.59. The maximum Gasteiger partial charge on any atom is 0.313 e. The lowest BCUT2D eigenvalue weighted by Gasteiger charge is -2.18.